The summed E-state index contributed by atoms with van der Waals surface area (Å²) in [6, 6.07) is 19.6. The van der Waals surface area contributed by atoms with Crippen molar-refractivity contribution in [1.29, 1.82) is 0 Å². The molecule has 0 spiro atoms. The molecule has 19 heavy (non-hydrogen) atoms. The van der Waals surface area contributed by atoms with Crippen LogP contribution in [-0.4, -0.2) is 4.98 Å². The first-order valence-corrected chi connectivity index (χ1v) is 5.99. The number of hydrogen-bond donors (Lipinski definition) is 1. The highest BCUT2D eigenvalue weighted by molar-refractivity contribution is 5.92. The van der Waals surface area contributed by atoms with E-state index in [0.717, 1.165) is 16.5 Å². The lowest BCUT2D eigenvalue weighted by Gasteiger charge is -2.00. The monoisotopic (exact) mass is 248 g/mol. The average molecular weight is 248 g/mol. The van der Waals surface area contributed by atoms with Crippen LogP contribution in [0.25, 0.3) is 10.8 Å². The van der Waals surface area contributed by atoms with E-state index in [9.17, 15) is 0 Å². The molecule has 4 nitrogen and oxygen atoms in total. The largest absolute Gasteiger partial charge is 0.242 e. The number of nitrogens with one attached hydrogen (secondary N) is 1. The van der Waals surface area contributed by atoms with Crippen LogP contribution in [0, 0.1) is 0 Å². The van der Waals surface area contributed by atoms with Crippen LogP contribution in [0.2, 0.25) is 0 Å². The normalized spacial score (nSPS) is 10.9. The van der Waals surface area contributed by atoms with Crippen molar-refractivity contribution in [2.24, 2.45) is 10.3 Å². The smallest absolute Gasteiger partial charge is 0.147 e. The van der Waals surface area contributed by atoms with E-state index < -0.39 is 0 Å². The zero-order valence-electron chi connectivity index (χ0n) is 10.2. The average Bonchev–Trinajstić information content (AvgIpc) is 2.49. The number of nitrogens with zero attached hydrogens (tertiary/aromatic N) is 3. The predicted octanol–water partition coefficient (Wildman–Crippen LogP) is 4.35. The van der Waals surface area contributed by atoms with Gasteiger partial charge < -0.3 is 0 Å². The Morgan fingerprint density at radius 1 is 0.842 bits per heavy atom. The lowest BCUT2D eigenvalue weighted by atomic mass is 10.1. The van der Waals surface area contributed by atoms with E-state index >= 15 is 0 Å². The van der Waals surface area contributed by atoms with Crippen molar-refractivity contribution in [3.8, 4) is 0 Å². The summed E-state index contributed by atoms with van der Waals surface area (Å²) in [5.41, 5.74) is 3.64. The van der Waals surface area contributed by atoms with Gasteiger partial charge in [-0.1, -0.05) is 47.7 Å². The molecular weight excluding hydrogens is 236 g/mol. The molecule has 4 heteroatoms. The molecule has 3 aromatic rings. The lowest BCUT2D eigenvalue weighted by molar-refractivity contribution is 1.10. The molecule has 0 aliphatic carbocycles. The quantitative estimate of drug-likeness (QED) is 0.553. The molecule has 0 aliphatic rings. The highest BCUT2D eigenvalue weighted by Crippen LogP contribution is 2.25. The zero-order chi connectivity index (χ0) is 12.9. The Balaban J connectivity index is 1.85. The third-order valence-corrected chi connectivity index (χ3v) is 2.75. The van der Waals surface area contributed by atoms with E-state index in [0.29, 0.717) is 5.82 Å². The third kappa shape index (κ3) is 2.57. The number of aromatic nitrogens is 1. The van der Waals surface area contributed by atoms with Gasteiger partial charge in [0.1, 0.15) is 5.82 Å². The number of rotatable bonds is 3. The third-order valence-electron chi connectivity index (χ3n) is 2.75. The van der Waals surface area contributed by atoms with Gasteiger partial charge >= 0.3 is 0 Å². The number of fused-ring (bicyclic) bond motifs is 1. The zero-order valence-corrected chi connectivity index (χ0v) is 10.2. The maximum Gasteiger partial charge on any atom is 0.147 e. The number of anilines is 1. The maximum atomic E-state index is 4.20. The van der Waals surface area contributed by atoms with E-state index in [4.69, 9.17) is 0 Å². The molecule has 0 unspecified atom stereocenters. The Kier molecular flexibility index (Phi) is 3.14. The van der Waals surface area contributed by atoms with Crippen molar-refractivity contribution in [1.82, 2.24) is 4.98 Å². The fourth-order valence-electron chi connectivity index (χ4n) is 1.85. The fourth-order valence-corrected chi connectivity index (χ4v) is 1.85. The maximum absolute atomic E-state index is 4.20. The van der Waals surface area contributed by atoms with Crippen LogP contribution in [0.3, 0.4) is 0 Å². The minimum atomic E-state index is 0.673. The molecule has 0 amide bonds. The summed E-state index contributed by atoms with van der Waals surface area (Å²) in [4.78, 5) is 4.11. The van der Waals surface area contributed by atoms with Crippen molar-refractivity contribution in [2.75, 3.05) is 5.43 Å². The van der Waals surface area contributed by atoms with E-state index in [1.165, 1.54) is 0 Å². The molecule has 1 aromatic heterocycles. The first-order chi connectivity index (χ1) is 9.43. The van der Waals surface area contributed by atoms with E-state index in [-0.39, 0.29) is 0 Å². The van der Waals surface area contributed by atoms with Crippen molar-refractivity contribution < 1.29 is 0 Å². The fraction of sp³-hybridized carbons (Fsp3) is 0. The summed E-state index contributed by atoms with van der Waals surface area (Å²) in [6.45, 7) is 0. The molecule has 1 N–H and O–H groups in total. The molecule has 0 radical (unpaired) electrons. The number of benzene rings is 2. The van der Waals surface area contributed by atoms with E-state index in [2.05, 4.69) is 32.9 Å². The van der Waals surface area contributed by atoms with Crippen LogP contribution in [0.1, 0.15) is 0 Å². The Bertz CT molecular complexity index is 702. The second-order valence-electron chi connectivity index (χ2n) is 4.03. The molecule has 0 saturated heterocycles. The molecule has 0 aliphatic heterocycles. The Labute approximate surface area is 110 Å². The standard InChI is InChI=1S/C15H12N4/c1-2-8-13-12(6-1)7-5-9-14(13)17-19-18-15-10-3-4-11-16-15/h1-11H,(H,16,17,18). The second kappa shape index (κ2) is 5.27. The van der Waals surface area contributed by atoms with Crippen LogP contribution < -0.4 is 5.43 Å². The summed E-state index contributed by atoms with van der Waals surface area (Å²) >= 11 is 0. The van der Waals surface area contributed by atoms with Crippen molar-refractivity contribution in [3.05, 3.63) is 66.9 Å². The van der Waals surface area contributed by atoms with Gasteiger partial charge in [-0.05, 0) is 23.6 Å². The van der Waals surface area contributed by atoms with Gasteiger partial charge in [-0.15, -0.1) is 5.11 Å². The molecule has 3 rings (SSSR count). The Morgan fingerprint density at radius 2 is 1.68 bits per heavy atom. The topological polar surface area (TPSA) is 49.6 Å². The van der Waals surface area contributed by atoms with Gasteiger partial charge in [-0.2, -0.15) is 0 Å². The number of pyridine rings is 1. The van der Waals surface area contributed by atoms with Crippen LogP contribution in [0.5, 0.6) is 0 Å². The summed E-state index contributed by atoms with van der Waals surface area (Å²) in [5.74, 6) is 0.673. The summed E-state index contributed by atoms with van der Waals surface area (Å²) < 4.78 is 0. The van der Waals surface area contributed by atoms with Crippen LogP contribution in [0.15, 0.2) is 77.2 Å². The van der Waals surface area contributed by atoms with E-state index in [1.54, 1.807) is 6.20 Å². The van der Waals surface area contributed by atoms with Gasteiger partial charge in [-0.3, -0.25) is 0 Å². The first-order valence-electron chi connectivity index (χ1n) is 5.99. The van der Waals surface area contributed by atoms with Gasteiger partial charge in [0, 0.05) is 11.6 Å². The molecule has 0 fully saturated rings. The molecule has 92 valence electrons. The minimum absolute atomic E-state index is 0.673. The highest BCUT2D eigenvalue weighted by atomic mass is 15.4. The molecule has 0 atom stereocenters. The number of hydrogen-bond acceptors (Lipinski definition) is 3. The summed E-state index contributed by atoms with van der Waals surface area (Å²) in [5, 5.41) is 10.4. The molecule has 0 bridgehead atoms. The molecule has 1 heterocycles. The summed E-state index contributed by atoms with van der Waals surface area (Å²) in [7, 11) is 0. The second-order valence-corrected chi connectivity index (χ2v) is 4.03. The Hall–Kier alpha value is -2.75. The van der Waals surface area contributed by atoms with Gasteiger partial charge in [0.05, 0.1) is 5.69 Å². The van der Waals surface area contributed by atoms with Crippen LogP contribution in [0.4, 0.5) is 11.5 Å². The predicted molar refractivity (Wildman–Crippen MR) is 76.3 cm³/mol. The van der Waals surface area contributed by atoms with Crippen LogP contribution >= 0.6 is 0 Å². The van der Waals surface area contributed by atoms with Gasteiger partial charge in [0.2, 0.25) is 0 Å². The molecular formula is C15H12N4. The first kappa shape index (κ1) is 11.3. The summed E-state index contributed by atoms with van der Waals surface area (Å²) in [6.07, 6.45) is 1.70. The van der Waals surface area contributed by atoms with Gasteiger partial charge in [0.15, 0.2) is 0 Å². The molecule has 2 aromatic carbocycles. The Morgan fingerprint density at radius 3 is 2.58 bits per heavy atom. The molecule has 0 saturated carbocycles. The lowest BCUT2D eigenvalue weighted by Crippen LogP contribution is -1.88. The SMILES string of the molecule is c1ccc(N/N=N/c2cccc3ccccc23)nc1. The van der Waals surface area contributed by atoms with Gasteiger partial charge in [0.25, 0.3) is 0 Å². The van der Waals surface area contributed by atoms with E-state index in [1.807, 2.05) is 48.5 Å². The highest BCUT2D eigenvalue weighted by Gasteiger charge is 1.97. The van der Waals surface area contributed by atoms with Gasteiger partial charge in [-0.25, -0.2) is 10.4 Å². The van der Waals surface area contributed by atoms with Crippen molar-refractivity contribution >= 4 is 22.3 Å². The van der Waals surface area contributed by atoms with Crippen molar-refractivity contribution in [2.45, 2.75) is 0 Å². The minimum Gasteiger partial charge on any atom is -0.242 e. The van der Waals surface area contributed by atoms with Crippen LogP contribution in [-0.2, 0) is 0 Å². The van der Waals surface area contributed by atoms with Crippen molar-refractivity contribution in [3.63, 3.8) is 0 Å².